The molecule has 0 radical (unpaired) electrons. The summed E-state index contributed by atoms with van der Waals surface area (Å²) in [5, 5.41) is 0. The van der Waals surface area contributed by atoms with E-state index in [9.17, 15) is 8.78 Å². The highest BCUT2D eigenvalue weighted by Gasteiger charge is 2.64. The van der Waals surface area contributed by atoms with Crippen LogP contribution in [0.3, 0.4) is 0 Å². The molecule has 2 aliphatic rings. The Hall–Kier alpha value is -0.960. The number of fused-ring (bicyclic) bond motifs is 1. The summed E-state index contributed by atoms with van der Waals surface area (Å²) < 4.78 is 26.1. The SMILES string of the molecule is NC1(c2cc(F)cc(F)c2)C2CCCC21. The van der Waals surface area contributed by atoms with Gasteiger partial charge in [0.15, 0.2) is 0 Å². The van der Waals surface area contributed by atoms with E-state index in [-0.39, 0.29) is 0 Å². The van der Waals surface area contributed by atoms with Crippen LogP contribution >= 0.6 is 0 Å². The summed E-state index contributed by atoms with van der Waals surface area (Å²) in [6.07, 6.45) is 3.39. The largest absolute Gasteiger partial charge is 0.321 e. The van der Waals surface area contributed by atoms with Crippen LogP contribution < -0.4 is 5.73 Å². The van der Waals surface area contributed by atoms with Crippen LogP contribution in [0.25, 0.3) is 0 Å². The van der Waals surface area contributed by atoms with Crippen LogP contribution in [0.5, 0.6) is 0 Å². The fraction of sp³-hybridized carbons (Fsp3) is 0.500. The van der Waals surface area contributed by atoms with Gasteiger partial charge in [0, 0.05) is 11.6 Å². The average Bonchev–Trinajstić information content (AvgIpc) is 2.61. The Morgan fingerprint density at radius 3 is 2.13 bits per heavy atom. The van der Waals surface area contributed by atoms with Crippen molar-refractivity contribution >= 4 is 0 Å². The Morgan fingerprint density at radius 2 is 1.60 bits per heavy atom. The minimum absolute atomic E-state index is 0.443. The summed E-state index contributed by atoms with van der Waals surface area (Å²) in [6, 6.07) is 3.65. The first kappa shape index (κ1) is 9.28. The molecule has 0 aromatic heterocycles. The first-order valence-corrected chi connectivity index (χ1v) is 5.38. The lowest BCUT2D eigenvalue weighted by Crippen LogP contribution is -2.26. The average molecular weight is 209 g/mol. The molecule has 2 N–H and O–H groups in total. The predicted octanol–water partition coefficient (Wildman–Crippen LogP) is 2.55. The van der Waals surface area contributed by atoms with Crippen LogP contribution in [0, 0.1) is 23.5 Å². The van der Waals surface area contributed by atoms with Gasteiger partial charge in [-0.3, -0.25) is 0 Å². The molecule has 2 saturated carbocycles. The molecular formula is C12H13F2N. The summed E-state index contributed by atoms with van der Waals surface area (Å²) in [5.41, 5.74) is 6.41. The van der Waals surface area contributed by atoms with Crippen molar-refractivity contribution in [2.24, 2.45) is 17.6 Å². The number of nitrogens with two attached hydrogens (primary N) is 1. The van der Waals surface area contributed by atoms with Crippen molar-refractivity contribution < 1.29 is 8.78 Å². The van der Waals surface area contributed by atoms with Gasteiger partial charge in [-0.1, -0.05) is 6.42 Å². The normalized spacial score (nSPS) is 37.8. The molecule has 3 heteroatoms. The Balaban J connectivity index is 2.00. The second-order valence-corrected chi connectivity index (χ2v) is 4.74. The number of rotatable bonds is 1. The minimum atomic E-state index is -0.528. The maximum absolute atomic E-state index is 13.1. The highest BCUT2D eigenvalue weighted by Crippen LogP contribution is 2.64. The quantitative estimate of drug-likeness (QED) is 0.755. The molecule has 2 fully saturated rings. The van der Waals surface area contributed by atoms with Crippen LogP contribution in [0.15, 0.2) is 18.2 Å². The fourth-order valence-electron chi connectivity index (χ4n) is 3.23. The highest BCUT2D eigenvalue weighted by atomic mass is 19.1. The van der Waals surface area contributed by atoms with Crippen molar-refractivity contribution in [2.45, 2.75) is 24.8 Å². The van der Waals surface area contributed by atoms with Gasteiger partial charge in [0.1, 0.15) is 11.6 Å². The third kappa shape index (κ3) is 1.16. The molecule has 1 aromatic carbocycles. The molecule has 0 heterocycles. The summed E-state index contributed by atoms with van der Waals surface area (Å²) in [5.74, 6) is -0.169. The van der Waals surface area contributed by atoms with Crippen LogP contribution in [-0.2, 0) is 5.54 Å². The highest BCUT2D eigenvalue weighted by molar-refractivity contribution is 5.36. The topological polar surface area (TPSA) is 26.0 Å². The van der Waals surface area contributed by atoms with E-state index in [1.807, 2.05) is 0 Å². The van der Waals surface area contributed by atoms with E-state index < -0.39 is 17.2 Å². The minimum Gasteiger partial charge on any atom is -0.321 e. The molecule has 2 aliphatic carbocycles. The standard InChI is InChI=1S/C12H13F2N/c13-8-4-7(5-9(14)6-8)12(15)10-2-1-3-11(10)12/h4-6,10-11H,1-3,15H2. The molecule has 0 bridgehead atoms. The zero-order chi connectivity index (χ0) is 10.6. The van der Waals surface area contributed by atoms with Gasteiger partial charge in [-0.25, -0.2) is 8.78 Å². The van der Waals surface area contributed by atoms with E-state index in [0.29, 0.717) is 17.4 Å². The number of halogens is 2. The van der Waals surface area contributed by atoms with E-state index >= 15 is 0 Å². The summed E-state index contributed by atoms with van der Waals surface area (Å²) in [7, 11) is 0. The third-order valence-electron chi connectivity index (χ3n) is 4.00. The molecule has 15 heavy (non-hydrogen) atoms. The van der Waals surface area contributed by atoms with Gasteiger partial charge >= 0.3 is 0 Å². The molecule has 0 amide bonds. The molecule has 2 atom stereocenters. The van der Waals surface area contributed by atoms with Crippen molar-refractivity contribution in [2.75, 3.05) is 0 Å². The molecule has 0 spiro atoms. The smallest absolute Gasteiger partial charge is 0.126 e. The van der Waals surface area contributed by atoms with E-state index in [0.717, 1.165) is 18.9 Å². The van der Waals surface area contributed by atoms with Crippen molar-refractivity contribution in [3.05, 3.63) is 35.4 Å². The van der Waals surface area contributed by atoms with Gasteiger partial charge in [0.25, 0.3) is 0 Å². The molecule has 0 aliphatic heterocycles. The molecule has 2 unspecified atom stereocenters. The van der Waals surface area contributed by atoms with Crippen LogP contribution in [0.4, 0.5) is 8.78 Å². The van der Waals surface area contributed by atoms with Crippen molar-refractivity contribution in [3.63, 3.8) is 0 Å². The maximum Gasteiger partial charge on any atom is 0.126 e. The Bertz CT molecular complexity index is 386. The molecule has 1 aromatic rings. The first-order valence-electron chi connectivity index (χ1n) is 5.38. The lowest BCUT2D eigenvalue weighted by atomic mass is 9.97. The van der Waals surface area contributed by atoms with Gasteiger partial charge in [-0.05, 0) is 42.4 Å². The van der Waals surface area contributed by atoms with Gasteiger partial charge in [-0.2, -0.15) is 0 Å². The Labute approximate surface area is 87.3 Å². The molecule has 0 saturated heterocycles. The lowest BCUT2D eigenvalue weighted by Gasteiger charge is -2.16. The predicted molar refractivity (Wildman–Crippen MR) is 53.1 cm³/mol. The van der Waals surface area contributed by atoms with Crippen LogP contribution in [0.1, 0.15) is 24.8 Å². The van der Waals surface area contributed by atoms with Crippen molar-refractivity contribution in [1.82, 2.24) is 0 Å². The third-order valence-corrected chi connectivity index (χ3v) is 4.00. The van der Waals surface area contributed by atoms with Gasteiger partial charge in [0.05, 0.1) is 0 Å². The van der Waals surface area contributed by atoms with Crippen LogP contribution in [-0.4, -0.2) is 0 Å². The van der Waals surface area contributed by atoms with E-state index in [4.69, 9.17) is 5.73 Å². The van der Waals surface area contributed by atoms with Gasteiger partial charge in [0.2, 0.25) is 0 Å². The zero-order valence-corrected chi connectivity index (χ0v) is 8.34. The number of hydrogen-bond acceptors (Lipinski definition) is 1. The second kappa shape index (κ2) is 2.79. The fourth-order valence-corrected chi connectivity index (χ4v) is 3.23. The monoisotopic (exact) mass is 209 g/mol. The second-order valence-electron chi connectivity index (χ2n) is 4.74. The van der Waals surface area contributed by atoms with E-state index in [1.165, 1.54) is 18.6 Å². The van der Waals surface area contributed by atoms with Gasteiger partial charge in [-0.15, -0.1) is 0 Å². The first-order chi connectivity index (χ1) is 7.12. The van der Waals surface area contributed by atoms with Crippen LogP contribution in [0.2, 0.25) is 0 Å². The summed E-state index contributed by atoms with van der Waals surface area (Å²) in [4.78, 5) is 0. The summed E-state index contributed by atoms with van der Waals surface area (Å²) in [6.45, 7) is 0. The molecule has 80 valence electrons. The molecular weight excluding hydrogens is 196 g/mol. The molecule has 3 rings (SSSR count). The number of hydrogen-bond donors (Lipinski definition) is 1. The van der Waals surface area contributed by atoms with E-state index in [1.54, 1.807) is 0 Å². The Morgan fingerprint density at radius 1 is 1.07 bits per heavy atom. The zero-order valence-electron chi connectivity index (χ0n) is 8.34. The Kier molecular flexibility index (Phi) is 1.72. The lowest BCUT2D eigenvalue weighted by molar-refractivity contribution is 0.511. The van der Waals surface area contributed by atoms with Gasteiger partial charge < -0.3 is 5.73 Å². The molecule has 1 nitrogen and oxygen atoms in total. The number of benzene rings is 1. The van der Waals surface area contributed by atoms with Crippen molar-refractivity contribution in [1.29, 1.82) is 0 Å². The summed E-state index contributed by atoms with van der Waals surface area (Å²) >= 11 is 0. The maximum atomic E-state index is 13.1. The van der Waals surface area contributed by atoms with E-state index in [2.05, 4.69) is 0 Å². The van der Waals surface area contributed by atoms with Crippen molar-refractivity contribution in [3.8, 4) is 0 Å².